The fraction of sp³-hybridized carbons (Fsp3) is 0.286. The molecule has 5 heteroatoms. The van der Waals surface area contributed by atoms with Crippen LogP contribution in [0.5, 0.6) is 0 Å². The largest absolute Gasteiger partial charge is 0.444 e. The molecule has 0 saturated heterocycles. The van der Waals surface area contributed by atoms with E-state index in [1.165, 1.54) is 0 Å². The molecule has 19 heavy (non-hydrogen) atoms. The first-order valence-corrected chi connectivity index (χ1v) is 6.27. The van der Waals surface area contributed by atoms with Crippen LogP contribution in [0.3, 0.4) is 0 Å². The number of rotatable bonds is 6. The highest BCUT2D eigenvalue weighted by atomic mass is 16.4. The molecule has 1 aromatic heterocycles. The molecular formula is C14H17N3O2. The summed E-state index contributed by atoms with van der Waals surface area (Å²) in [7, 11) is 0. The van der Waals surface area contributed by atoms with Crippen molar-refractivity contribution >= 4 is 11.6 Å². The Hall–Kier alpha value is -2.14. The molecule has 2 N–H and O–H groups in total. The van der Waals surface area contributed by atoms with E-state index >= 15 is 0 Å². The average Bonchev–Trinajstić information content (AvgIpc) is 2.88. The van der Waals surface area contributed by atoms with E-state index < -0.39 is 0 Å². The molecule has 100 valence electrons. The summed E-state index contributed by atoms with van der Waals surface area (Å²) in [4.78, 5) is 15.7. The lowest BCUT2D eigenvalue weighted by atomic mass is 10.3. The third kappa shape index (κ3) is 4.22. The first-order valence-electron chi connectivity index (χ1n) is 6.27. The van der Waals surface area contributed by atoms with E-state index in [2.05, 4.69) is 15.6 Å². The van der Waals surface area contributed by atoms with Gasteiger partial charge in [-0.05, 0) is 12.1 Å². The van der Waals surface area contributed by atoms with Gasteiger partial charge in [0.1, 0.15) is 5.76 Å². The number of carbonyl (C=O) groups is 1. The maximum atomic E-state index is 11.6. The summed E-state index contributed by atoms with van der Waals surface area (Å²) in [6.45, 7) is 2.67. The van der Waals surface area contributed by atoms with Gasteiger partial charge in [-0.1, -0.05) is 25.1 Å². The van der Waals surface area contributed by atoms with Gasteiger partial charge in [-0.2, -0.15) is 0 Å². The standard InChI is InChI=1S/C14H17N3O2/c1-2-12-8-16-14(19-12)10-15-9-13(18)17-11-6-4-3-5-7-11/h3-8,15H,2,9-10H2,1H3,(H,17,18). The zero-order valence-electron chi connectivity index (χ0n) is 10.8. The maximum absolute atomic E-state index is 11.6. The highest BCUT2D eigenvalue weighted by molar-refractivity contribution is 5.92. The third-order valence-corrected chi connectivity index (χ3v) is 2.57. The van der Waals surface area contributed by atoms with Crippen molar-refractivity contribution in [1.29, 1.82) is 0 Å². The van der Waals surface area contributed by atoms with Crippen molar-refractivity contribution in [3.8, 4) is 0 Å². The molecule has 5 nitrogen and oxygen atoms in total. The SMILES string of the molecule is CCc1cnc(CNCC(=O)Nc2ccccc2)o1. The summed E-state index contributed by atoms with van der Waals surface area (Å²) >= 11 is 0. The Balaban J connectivity index is 1.72. The van der Waals surface area contributed by atoms with Gasteiger partial charge < -0.3 is 9.73 Å². The highest BCUT2D eigenvalue weighted by Crippen LogP contribution is 2.05. The van der Waals surface area contributed by atoms with Crippen LogP contribution in [0.15, 0.2) is 40.9 Å². The smallest absolute Gasteiger partial charge is 0.238 e. The van der Waals surface area contributed by atoms with Crippen molar-refractivity contribution in [3.05, 3.63) is 48.2 Å². The van der Waals surface area contributed by atoms with Crippen molar-refractivity contribution in [1.82, 2.24) is 10.3 Å². The lowest BCUT2D eigenvalue weighted by Gasteiger charge is -2.05. The van der Waals surface area contributed by atoms with Crippen LogP contribution >= 0.6 is 0 Å². The molecule has 2 aromatic rings. The minimum Gasteiger partial charge on any atom is -0.444 e. The number of anilines is 1. The van der Waals surface area contributed by atoms with Crippen LogP contribution in [0.4, 0.5) is 5.69 Å². The van der Waals surface area contributed by atoms with Crippen LogP contribution in [0.1, 0.15) is 18.6 Å². The monoisotopic (exact) mass is 259 g/mol. The molecule has 0 bridgehead atoms. The zero-order chi connectivity index (χ0) is 13.5. The molecule has 0 radical (unpaired) electrons. The molecule has 0 atom stereocenters. The Morgan fingerprint density at radius 1 is 1.32 bits per heavy atom. The van der Waals surface area contributed by atoms with Gasteiger partial charge in [-0.25, -0.2) is 4.98 Å². The second-order valence-electron chi connectivity index (χ2n) is 4.09. The van der Waals surface area contributed by atoms with Gasteiger partial charge in [0, 0.05) is 12.1 Å². The molecule has 0 unspecified atom stereocenters. The molecule has 2 rings (SSSR count). The molecule has 0 aliphatic carbocycles. The van der Waals surface area contributed by atoms with E-state index in [1.807, 2.05) is 37.3 Å². The van der Waals surface area contributed by atoms with Crippen LogP contribution < -0.4 is 10.6 Å². The fourth-order valence-corrected chi connectivity index (χ4v) is 1.60. The van der Waals surface area contributed by atoms with Crippen molar-refractivity contribution in [2.75, 3.05) is 11.9 Å². The van der Waals surface area contributed by atoms with E-state index in [0.717, 1.165) is 17.9 Å². The predicted octanol–water partition coefficient (Wildman–Crippen LogP) is 1.97. The topological polar surface area (TPSA) is 67.2 Å². The molecule has 0 fully saturated rings. The van der Waals surface area contributed by atoms with Crippen molar-refractivity contribution < 1.29 is 9.21 Å². The Bertz CT molecular complexity index is 522. The fourth-order valence-electron chi connectivity index (χ4n) is 1.60. The van der Waals surface area contributed by atoms with E-state index in [9.17, 15) is 4.79 Å². The summed E-state index contributed by atoms with van der Waals surface area (Å²) in [5.74, 6) is 1.36. The van der Waals surface area contributed by atoms with Gasteiger partial charge in [0.25, 0.3) is 0 Å². The van der Waals surface area contributed by atoms with Crippen molar-refractivity contribution in [2.45, 2.75) is 19.9 Å². The second-order valence-corrected chi connectivity index (χ2v) is 4.09. The van der Waals surface area contributed by atoms with Gasteiger partial charge in [-0.3, -0.25) is 10.1 Å². The minimum absolute atomic E-state index is 0.0894. The van der Waals surface area contributed by atoms with Crippen molar-refractivity contribution in [3.63, 3.8) is 0 Å². The number of carbonyl (C=O) groups excluding carboxylic acids is 1. The maximum Gasteiger partial charge on any atom is 0.238 e. The van der Waals surface area contributed by atoms with Gasteiger partial charge >= 0.3 is 0 Å². The van der Waals surface area contributed by atoms with Gasteiger partial charge in [-0.15, -0.1) is 0 Å². The number of hydrogen-bond donors (Lipinski definition) is 2. The Morgan fingerprint density at radius 3 is 2.79 bits per heavy atom. The first-order chi connectivity index (χ1) is 9.28. The lowest BCUT2D eigenvalue weighted by Crippen LogP contribution is -2.27. The van der Waals surface area contributed by atoms with Crippen LogP contribution in [0, 0.1) is 0 Å². The summed E-state index contributed by atoms with van der Waals surface area (Å²) in [5, 5.41) is 5.78. The number of oxazole rings is 1. The number of aryl methyl sites for hydroxylation is 1. The van der Waals surface area contributed by atoms with Gasteiger partial charge in [0.05, 0.1) is 19.3 Å². The van der Waals surface area contributed by atoms with E-state index in [0.29, 0.717) is 12.4 Å². The molecule has 0 aliphatic heterocycles. The summed E-state index contributed by atoms with van der Waals surface area (Å²) in [6.07, 6.45) is 2.53. The number of nitrogens with one attached hydrogen (secondary N) is 2. The predicted molar refractivity (Wildman–Crippen MR) is 72.7 cm³/mol. The van der Waals surface area contributed by atoms with Crippen LogP contribution in [-0.4, -0.2) is 17.4 Å². The van der Waals surface area contributed by atoms with Gasteiger partial charge in [0.2, 0.25) is 11.8 Å². The lowest BCUT2D eigenvalue weighted by molar-refractivity contribution is -0.115. The van der Waals surface area contributed by atoms with Crippen LogP contribution in [0.2, 0.25) is 0 Å². The number of benzene rings is 1. The average molecular weight is 259 g/mol. The molecule has 0 spiro atoms. The van der Waals surface area contributed by atoms with Gasteiger partial charge in [0.15, 0.2) is 0 Å². The summed E-state index contributed by atoms with van der Waals surface area (Å²) in [6, 6.07) is 9.35. The van der Waals surface area contributed by atoms with Crippen molar-refractivity contribution in [2.24, 2.45) is 0 Å². The molecule has 0 saturated carbocycles. The number of nitrogens with zero attached hydrogens (tertiary/aromatic N) is 1. The van der Waals surface area contributed by atoms with Crippen LogP contribution in [-0.2, 0) is 17.8 Å². The number of amides is 1. The minimum atomic E-state index is -0.0894. The normalized spacial score (nSPS) is 10.4. The molecule has 1 aromatic carbocycles. The van der Waals surface area contributed by atoms with E-state index in [4.69, 9.17) is 4.42 Å². The Labute approximate surface area is 112 Å². The first kappa shape index (κ1) is 13.3. The quantitative estimate of drug-likeness (QED) is 0.832. The molecular weight excluding hydrogens is 242 g/mol. The van der Waals surface area contributed by atoms with E-state index in [-0.39, 0.29) is 12.5 Å². The summed E-state index contributed by atoms with van der Waals surface area (Å²) < 4.78 is 5.43. The van der Waals surface area contributed by atoms with Crippen LogP contribution in [0.25, 0.3) is 0 Å². The zero-order valence-corrected chi connectivity index (χ0v) is 10.8. The molecule has 0 aliphatic rings. The Kier molecular flexibility index (Phi) is 4.69. The molecule has 1 amide bonds. The second kappa shape index (κ2) is 6.70. The van der Waals surface area contributed by atoms with E-state index in [1.54, 1.807) is 6.20 Å². The Morgan fingerprint density at radius 2 is 2.11 bits per heavy atom. The highest BCUT2D eigenvalue weighted by Gasteiger charge is 2.04. The number of hydrogen-bond acceptors (Lipinski definition) is 4. The summed E-state index contributed by atoms with van der Waals surface area (Å²) in [5.41, 5.74) is 0.790. The number of para-hydroxylation sites is 1. The number of aromatic nitrogens is 1. The third-order valence-electron chi connectivity index (χ3n) is 2.57. The molecule has 1 heterocycles.